The van der Waals surface area contributed by atoms with E-state index in [0.717, 1.165) is 39.3 Å². The molecule has 7 nitrogen and oxygen atoms in total. The standard InChI is InChI=1S/C30H26F2N4O3/c1-17-8-6-10-27(19(17)3)36-28(37)22(25(34-36)14-21-9-5-4-7-18(21)2)15-26-29(38)35(30(39)33-26)16-20-11-12-23(31)24(32)13-20/h4-13,15,34H,14,16H2,1-3H3,(H,33,39)/b26-15-. The number of hydrogen-bond acceptors (Lipinski definition) is 3. The van der Waals surface area contributed by atoms with Crippen LogP contribution in [-0.4, -0.2) is 26.6 Å². The number of carbonyl (C=O) groups excluding carboxylic acids is 2. The van der Waals surface area contributed by atoms with Gasteiger partial charge in [-0.2, -0.15) is 0 Å². The van der Waals surface area contributed by atoms with Gasteiger partial charge in [0.1, 0.15) is 5.70 Å². The Kier molecular flexibility index (Phi) is 6.74. The van der Waals surface area contributed by atoms with Crippen molar-refractivity contribution in [3.63, 3.8) is 0 Å². The molecule has 0 bridgehead atoms. The summed E-state index contributed by atoms with van der Waals surface area (Å²) >= 11 is 0. The molecule has 0 radical (unpaired) electrons. The highest BCUT2D eigenvalue weighted by molar-refractivity contribution is 6.13. The topological polar surface area (TPSA) is 87.2 Å². The molecule has 1 fully saturated rings. The molecule has 3 amide bonds. The van der Waals surface area contributed by atoms with E-state index in [1.807, 2.05) is 63.2 Å². The molecule has 1 aliphatic heterocycles. The molecule has 0 saturated carbocycles. The summed E-state index contributed by atoms with van der Waals surface area (Å²) in [5.74, 6) is -2.77. The lowest BCUT2D eigenvalue weighted by atomic mass is 10.0. The van der Waals surface area contributed by atoms with Gasteiger partial charge < -0.3 is 5.32 Å². The first kappa shape index (κ1) is 25.8. The van der Waals surface area contributed by atoms with Crippen molar-refractivity contribution in [2.24, 2.45) is 0 Å². The monoisotopic (exact) mass is 528 g/mol. The van der Waals surface area contributed by atoms with Crippen LogP contribution in [0.4, 0.5) is 13.6 Å². The van der Waals surface area contributed by atoms with Crippen LogP contribution in [0.25, 0.3) is 11.8 Å². The summed E-state index contributed by atoms with van der Waals surface area (Å²) in [6.07, 6.45) is 1.76. The van der Waals surface area contributed by atoms with E-state index in [1.165, 1.54) is 16.8 Å². The predicted molar refractivity (Wildman–Crippen MR) is 143 cm³/mol. The number of rotatable bonds is 6. The summed E-state index contributed by atoms with van der Waals surface area (Å²) in [6.45, 7) is 5.60. The molecular weight excluding hydrogens is 502 g/mol. The highest BCUT2D eigenvalue weighted by atomic mass is 19.2. The number of amides is 3. The van der Waals surface area contributed by atoms with Crippen molar-refractivity contribution in [1.29, 1.82) is 0 Å². The van der Waals surface area contributed by atoms with Crippen molar-refractivity contribution in [3.05, 3.63) is 127 Å². The fourth-order valence-electron chi connectivity index (χ4n) is 4.61. The Morgan fingerprint density at radius 2 is 1.62 bits per heavy atom. The van der Waals surface area contributed by atoms with E-state index >= 15 is 0 Å². The number of aryl methyl sites for hydroxylation is 2. The number of halogens is 2. The fourth-order valence-corrected chi connectivity index (χ4v) is 4.61. The van der Waals surface area contributed by atoms with Gasteiger partial charge >= 0.3 is 6.03 Å². The van der Waals surface area contributed by atoms with E-state index in [-0.39, 0.29) is 28.9 Å². The highest BCUT2D eigenvalue weighted by Crippen LogP contribution is 2.22. The molecule has 1 saturated heterocycles. The van der Waals surface area contributed by atoms with Crippen LogP contribution >= 0.6 is 0 Å². The zero-order chi connectivity index (χ0) is 27.8. The first-order valence-corrected chi connectivity index (χ1v) is 12.4. The summed E-state index contributed by atoms with van der Waals surface area (Å²) < 4.78 is 28.4. The molecule has 2 heterocycles. The Morgan fingerprint density at radius 1 is 0.872 bits per heavy atom. The van der Waals surface area contributed by atoms with Crippen LogP contribution in [0.5, 0.6) is 0 Å². The van der Waals surface area contributed by atoms with Gasteiger partial charge in [0.15, 0.2) is 11.6 Å². The van der Waals surface area contributed by atoms with Gasteiger partial charge in [0, 0.05) is 12.1 Å². The number of urea groups is 1. The molecule has 5 rings (SSSR count). The molecule has 2 N–H and O–H groups in total. The second-order valence-electron chi connectivity index (χ2n) is 9.59. The van der Waals surface area contributed by atoms with Crippen molar-refractivity contribution in [1.82, 2.24) is 20.0 Å². The van der Waals surface area contributed by atoms with Crippen molar-refractivity contribution >= 4 is 18.0 Å². The highest BCUT2D eigenvalue weighted by Gasteiger charge is 2.34. The molecule has 0 spiro atoms. The zero-order valence-electron chi connectivity index (χ0n) is 21.6. The SMILES string of the molecule is Cc1ccccc1Cc1[nH]n(-c2cccc(C)c2C)c(=O)c1/C=C1\NC(=O)N(Cc2ccc(F)c(F)c2)C1=O. The molecule has 0 aliphatic carbocycles. The fraction of sp³-hybridized carbons (Fsp3) is 0.167. The number of H-pyrrole nitrogens is 1. The Hall–Kier alpha value is -4.79. The van der Waals surface area contributed by atoms with Gasteiger partial charge in [0.25, 0.3) is 11.5 Å². The van der Waals surface area contributed by atoms with E-state index in [9.17, 15) is 23.2 Å². The first-order chi connectivity index (χ1) is 18.6. The predicted octanol–water partition coefficient (Wildman–Crippen LogP) is 5.05. The molecule has 1 aliphatic rings. The number of nitrogens with zero attached hydrogens (tertiary/aromatic N) is 2. The van der Waals surface area contributed by atoms with Crippen LogP contribution in [0.2, 0.25) is 0 Å². The van der Waals surface area contributed by atoms with Gasteiger partial charge in [0.2, 0.25) is 0 Å². The molecule has 3 aromatic carbocycles. The third-order valence-electron chi connectivity index (χ3n) is 7.03. The quantitative estimate of drug-likeness (QED) is 0.271. The van der Waals surface area contributed by atoms with E-state index < -0.39 is 23.6 Å². The van der Waals surface area contributed by atoms with E-state index in [1.54, 1.807) is 0 Å². The van der Waals surface area contributed by atoms with Gasteiger partial charge in [-0.05, 0) is 72.9 Å². The lowest BCUT2D eigenvalue weighted by Crippen LogP contribution is -2.30. The van der Waals surface area contributed by atoms with Crippen molar-refractivity contribution in [2.75, 3.05) is 0 Å². The minimum absolute atomic E-state index is 0.0853. The van der Waals surface area contributed by atoms with Crippen molar-refractivity contribution < 1.29 is 18.4 Å². The number of imide groups is 1. The average Bonchev–Trinajstić information content (AvgIpc) is 3.35. The third-order valence-corrected chi connectivity index (χ3v) is 7.03. The summed E-state index contributed by atoms with van der Waals surface area (Å²) in [5.41, 5.74) is 5.24. The average molecular weight is 529 g/mol. The molecule has 4 aromatic rings. The molecular formula is C30H26F2N4O3. The maximum atomic E-state index is 13.7. The number of benzene rings is 3. The zero-order valence-corrected chi connectivity index (χ0v) is 21.6. The number of carbonyl (C=O) groups is 2. The Morgan fingerprint density at radius 3 is 2.36 bits per heavy atom. The molecule has 0 atom stereocenters. The lowest BCUT2D eigenvalue weighted by molar-refractivity contribution is -0.123. The first-order valence-electron chi connectivity index (χ1n) is 12.4. The normalized spacial score (nSPS) is 14.4. The smallest absolute Gasteiger partial charge is 0.303 e. The summed E-state index contributed by atoms with van der Waals surface area (Å²) in [7, 11) is 0. The van der Waals surface area contributed by atoms with Crippen LogP contribution < -0.4 is 10.9 Å². The Labute approximate surface area is 223 Å². The molecule has 9 heteroatoms. The van der Waals surface area contributed by atoms with Crippen LogP contribution in [0, 0.1) is 32.4 Å². The molecule has 39 heavy (non-hydrogen) atoms. The van der Waals surface area contributed by atoms with Gasteiger partial charge in [-0.25, -0.2) is 18.3 Å². The summed E-state index contributed by atoms with van der Waals surface area (Å²) in [5, 5.41) is 5.73. The molecule has 198 valence electrons. The van der Waals surface area contributed by atoms with Crippen LogP contribution in [0.3, 0.4) is 0 Å². The van der Waals surface area contributed by atoms with Gasteiger partial charge in [-0.3, -0.25) is 19.6 Å². The van der Waals surface area contributed by atoms with Crippen molar-refractivity contribution in [3.8, 4) is 5.69 Å². The largest absolute Gasteiger partial charge is 0.329 e. The number of hydrogen-bond donors (Lipinski definition) is 2. The van der Waals surface area contributed by atoms with E-state index in [2.05, 4.69) is 10.4 Å². The molecule has 1 aromatic heterocycles. The lowest BCUT2D eigenvalue weighted by Gasteiger charge is -2.11. The van der Waals surface area contributed by atoms with E-state index in [4.69, 9.17) is 0 Å². The minimum Gasteiger partial charge on any atom is -0.303 e. The van der Waals surface area contributed by atoms with Gasteiger partial charge in [-0.1, -0.05) is 42.5 Å². The molecule has 0 unspecified atom stereocenters. The van der Waals surface area contributed by atoms with Crippen molar-refractivity contribution in [2.45, 2.75) is 33.7 Å². The van der Waals surface area contributed by atoms with E-state index in [0.29, 0.717) is 17.8 Å². The summed E-state index contributed by atoms with van der Waals surface area (Å²) in [6, 6.07) is 15.9. The minimum atomic E-state index is -1.07. The van der Waals surface area contributed by atoms with Crippen LogP contribution in [-0.2, 0) is 17.8 Å². The van der Waals surface area contributed by atoms with Gasteiger partial charge in [0.05, 0.1) is 17.8 Å². The number of aromatic nitrogens is 2. The Bertz CT molecular complexity index is 1720. The number of aromatic amines is 1. The number of nitrogens with one attached hydrogen (secondary N) is 2. The van der Waals surface area contributed by atoms with Crippen LogP contribution in [0.1, 0.15) is 39.1 Å². The Balaban J connectivity index is 1.56. The second-order valence-corrected chi connectivity index (χ2v) is 9.59. The second kappa shape index (κ2) is 10.2. The maximum Gasteiger partial charge on any atom is 0.329 e. The maximum absolute atomic E-state index is 13.7. The van der Waals surface area contributed by atoms with Crippen LogP contribution in [0.15, 0.2) is 71.2 Å². The van der Waals surface area contributed by atoms with Gasteiger partial charge in [-0.15, -0.1) is 0 Å². The summed E-state index contributed by atoms with van der Waals surface area (Å²) in [4.78, 5) is 40.4. The third kappa shape index (κ3) is 4.90.